The minimum atomic E-state index is -0.896. The summed E-state index contributed by atoms with van der Waals surface area (Å²) in [7, 11) is 0. The Balaban J connectivity index is 2.07. The molecule has 80 valence electrons. The van der Waals surface area contributed by atoms with Crippen LogP contribution >= 0.6 is 0 Å². The van der Waals surface area contributed by atoms with Crippen LogP contribution in [0.2, 0.25) is 0 Å². The largest absolute Gasteiger partial charge is 0.493 e. The van der Waals surface area contributed by atoms with Crippen molar-refractivity contribution in [3.63, 3.8) is 0 Å². The normalized spacial score (nSPS) is 15.0. The lowest BCUT2D eigenvalue weighted by atomic mass is 10.1. The summed E-state index contributed by atoms with van der Waals surface area (Å²) in [5, 5.41) is 8.79. The molecular weight excluding hydrogens is 192 g/mol. The lowest BCUT2D eigenvalue weighted by molar-refractivity contribution is 0.0696. The smallest absolute Gasteiger partial charge is 0.335 e. The number of ether oxygens (including phenoxy) is 1. The number of hydrogen-bond donors (Lipinski definition) is 1. The van der Waals surface area contributed by atoms with Crippen LogP contribution in [-0.4, -0.2) is 17.7 Å². The highest BCUT2D eigenvalue weighted by Crippen LogP contribution is 2.30. The van der Waals surface area contributed by atoms with Gasteiger partial charge in [-0.05, 0) is 49.4 Å². The summed E-state index contributed by atoms with van der Waals surface area (Å²) in [6.07, 6.45) is 2.51. The van der Waals surface area contributed by atoms with Crippen LogP contribution in [0.1, 0.15) is 28.8 Å². The first-order valence-corrected chi connectivity index (χ1v) is 5.13. The topological polar surface area (TPSA) is 46.5 Å². The average Bonchev–Trinajstić information content (AvgIpc) is 2.99. The fraction of sp³-hybridized carbons (Fsp3) is 0.417. The third-order valence-corrected chi connectivity index (χ3v) is 2.59. The van der Waals surface area contributed by atoms with Crippen LogP contribution in [0.15, 0.2) is 18.2 Å². The van der Waals surface area contributed by atoms with Crippen LogP contribution < -0.4 is 4.74 Å². The van der Waals surface area contributed by atoms with Crippen LogP contribution in [-0.2, 0) is 0 Å². The maximum Gasteiger partial charge on any atom is 0.335 e. The second-order valence-electron chi connectivity index (χ2n) is 4.04. The van der Waals surface area contributed by atoms with Gasteiger partial charge in [0.1, 0.15) is 5.75 Å². The number of benzene rings is 1. The lowest BCUT2D eigenvalue weighted by Crippen LogP contribution is -2.02. The van der Waals surface area contributed by atoms with Gasteiger partial charge in [-0.3, -0.25) is 0 Å². The summed E-state index contributed by atoms with van der Waals surface area (Å²) < 4.78 is 5.60. The molecule has 0 radical (unpaired) electrons. The minimum absolute atomic E-state index is 0.311. The summed E-state index contributed by atoms with van der Waals surface area (Å²) in [6.45, 7) is 2.63. The molecule has 15 heavy (non-hydrogen) atoms. The summed E-state index contributed by atoms with van der Waals surface area (Å²) in [5.74, 6) is 0.613. The molecule has 1 aliphatic carbocycles. The van der Waals surface area contributed by atoms with E-state index in [1.54, 1.807) is 18.2 Å². The minimum Gasteiger partial charge on any atom is -0.493 e. The van der Waals surface area contributed by atoms with Gasteiger partial charge < -0.3 is 9.84 Å². The maximum absolute atomic E-state index is 10.7. The van der Waals surface area contributed by atoms with E-state index in [9.17, 15) is 4.79 Å². The molecule has 0 unspecified atom stereocenters. The number of rotatable bonds is 4. The monoisotopic (exact) mass is 206 g/mol. The highest BCUT2D eigenvalue weighted by Gasteiger charge is 2.22. The van der Waals surface area contributed by atoms with E-state index in [0.717, 1.165) is 17.9 Å². The number of aromatic carboxylic acids is 1. The van der Waals surface area contributed by atoms with Crippen LogP contribution in [0.25, 0.3) is 0 Å². The molecule has 0 bridgehead atoms. The van der Waals surface area contributed by atoms with E-state index in [1.165, 1.54) is 12.8 Å². The molecule has 0 amide bonds. The van der Waals surface area contributed by atoms with E-state index >= 15 is 0 Å². The van der Waals surface area contributed by atoms with Gasteiger partial charge in [-0.1, -0.05) is 0 Å². The summed E-state index contributed by atoms with van der Waals surface area (Å²) in [4.78, 5) is 10.7. The van der Waals surface area contributed by atoms with Crippen LogP contribution in [0.4, 0.5) is 0 Å². The van der Waals surface area contributed by atoms with Crippen molar-refractivity contribution in [3.8, 4) is 5.75 Å². The predicted octanol–water partition coefficient (Wildman–Crippen LogP) is 2.48. The Kier molecular flexibility index (Phi) is 2.62. The molecule has 3 heteroatoms. The Morgan fingerprint density at radius 3 is 2.80 bits per heavy atom. The van der Waals surface area contributed by atoms with Gasteiger partial charge in [-0.15, -0.1) is 0 Å². The highest BCUT2D eigenvalue weighted by molar-refractivity contribution is 5.88. The predicted molar refractivity (Wildman–Crippen MR) is 56.4 cm³/mol. The quantitative estimate of drug-likeness (QED) is 0.823. The number of aryl methyl sites for hydroxylation is 1. The molecule has 2 rings (SSSR count). The van der Waals surface area contributed by atoms with Crippen LogP contribution in [0.5, 0.6) is 5.75 Å². The van der Waals surface area contributed by atoms with E-state index in [4.69, 9.17) is 9.84 Å². The van der Waals surface area contributed by atoms with Crippen molar-refractivity contribution in [1.29, 1.82) is 0 Å². The Bertz CT molecular complexity index is 380. The third-order valence-electron chi connectivity index (χ3n) is 2.59. The maximum atomic E-state index is 10.7. The standard InChI is InChI=1S/C12H14O3/c1-8-6-10(12(13)14)4-5-11(8)15-7-9-2-3-9/h4-6,9H,2-3,7H2,1H3,(H,13,14). The molecule has 3 nitrogen and oxygen atoms in total. The van der Waals surface area contributed by atoms with Gasteiger partial charge in [0.05, 0.1) is 12.2 Å². The molecule has 0 aromatic heterocycles. The number of hydrogen-bond acceptors (Lipinski definition) is 2. The van der Waals surface area contributed by atoms with Crippen LogP contribution in [0.3, 0.4) is 0 Å². The van der Waals surface area contributed by atoms with E-state index in [-0.39, 0.29) is 0 Å². The van der Waals surface area contributed by atoms with Gasteiger partial charge in [-0.2, -0.15) is 0 Å². The highest BCUT2D eigenvalue weighted by atomic mass is 16.5. The number of carboxylic acids is 1. The molecule has 0 aliphatic heterocycles. The molecule has 1 N–H and O–H groups in total. The van der Waals surface area contributed by atoms with Gasteiger partial charge in [0, 0.05) is 0 Å². The van der Waals surface area contributed by atoms with Crippen LogP contribution in [0, 0.1) is 12.8 Å². The Morgan fingerprint density at radius 2 is 2.27 bits per heavy atom. The second kappa shape index (κ2) is 3.93. The summed E-state index contributed by atoms with van der Waals surface area (Å²) in [6, 6.07) is 4.96. The van der Waals surface area contributed by atoms with Gasteiger partial charge in [0.2, 0.25) is 0 Å². The van der Waals surface area contributed by atoms with Gasteiger partial charge in [-0.25, -0.2) is 4.79 Å². The van der Waals surface area contributed by atoms with E-state index in [1.807, 2.05) is 6.92 Å². The van der Waals surface area contributed by atoms with Crippen molar-refractivity contribution in [3.05, 3.63) is 29.3 Å². The Labute approximate surface area is 88.7 Å². The molecule has 0 heterocycles. The molecular formula is C12H14O3. The number of carbonyl (C=O) groups is 1. The third kappa shape index (κ3) is 2.49. The van der Waals surface area contributed by atoms with Gasteiger partial charge in [0.15, 0.2) is 0 Å². The SMILES string of the molecule is Cc1cc(C(=O)O)ccc1OCC1CC1. The van der Waals surface area contributed by atoms with Crippen molar-refractivity contribution in [2.24, 2.45) is 5.92 Å². The molecule has 1 aromatic carbocycles. The fourth-order valence-electron chi connectivity index (χ4n) is 1.44. The van der Waals surface area contributed by atoms with E-state index in [0.29, 0.717) is 11.5 Å². The molecule has 0 spiro atoms. The molecule has 1 saturated carbocycles. The number of carboxylic acid groups (broad SMARTS) is 1. The molecule has 1 aromatic rings. The fourth-order valence-corrected chi connectivity index (χ4v) is 1.44. The van der Waals surface area contributed by atoms with E-state index in [2.05, 4.69) is 0 Å². The Morgan fingerprint density at radius 1 is 1.53 bits per heavy atom. The zero-order valence-electron chi connectivity index (χ0n) is 8.69. The van der Waals surface area contributed by atoms with Gasteiger partial charge in [0.25, 0.3) is 0 Å². The summed E-state index contributed by atoms with van der Waals surface area (Å²) >= 11 is 0. The second-order valence-corrected chi connectivity index (χ2v) is 4.04. The summed E-state index contributed by atoms with van der Waals surface area (Å²) in [5.41, 5.74) is 1.20. The average molecular weight is 206 g/mol. The molecule has 1 fully saturated rings. The lowest BCUT2D eigenvalue weighted by Gasteiger charge is -2.08. The molecule has 0 saturated heterocycles. The molecule has 0 atom stereocenters. The van der Waals surface area contributed by atoms with Crippen molar-refractivity contribution < 1.29 is 14.6 Å². The first-order valence-electron chi connectivity index (χ1n) is 5.13. The van der Waals surface area contributed by atoms with E-state index < -0.39 is 5.97 Å². The first-order chi connectivity index (χ1) is 7.16. The van der Waals surface area contributed by atoms with Crippen molar-refractivity contribution in [2.75, 3.05) is 6.61 Å². The van der Waals surface area contributed by atoms with Crippen molar-refractivity contribution in [1.82, 2.24) is 0 Å². The zero-order valence-corrected chi connectivity index (χ0v) is 8.69. The van der Waals surface area contributed by atoms with Crippen molar-refractivity contribution in [2.45, 2.75) is 19.8 Å². The molecule has 1 aliphatic rings. The Hall–Kier alpha value is -1.51. The van der Waals surface area contributed by atoms with Crippen molar-refractivity contribution >= 4 is 5.97 Å². The first kappa shape index (κ1) is 10.0. The zero-order chi connectivity index (χ0) is 10.8. The van der Waals surface area contributed by atoms with Gasteiger partial charge >= 0.3 is 5.97 Å².